The van der Waals surface area contributed by atoms with Gasteiger partial charge in [0.25, 0.3) is 0 Å². The molecule has 1 heteroatoms. The fraction of sp³-hybridized carbons (Fsp3) is 0.235. The molecule has 0 spiro atoms. The van der Waals surface area contributed by atoms with Gasteiger partial charge in [-0.2, -0.15) is 0 Å². The number of rotatable bonds is 4. The predicted molar refractivity (Wildman–Crippen MR) is 75.0 cm³/mol. The van der Waals surface area contributed by atoms with Crippen molar-refractivity contribution in [2.45, 2.75) is 26.7 Å². The van der Waals surface area contributed by atoms with Crippen molar-refractivity contribution in [2.75, 3.05) is 0 Å². The molecule has 0 aromatic heterocycles. The third kappa shape index (κ3) is 3.30. The summed E-state index contributed by atoms with van der Waals surface area (Å²) in [7, 11) is 0. The second kappa shape index (κ2) is 5.63. The minimum atomic E-state index is 0.227. The molecule has 0 bridgehead atoms. The molecule has 0 N–H and O–H groups in total. The van der Waals surface area contributed by atoms with Crippen LogP contribution >= 0.6 is 0 Å². The Kier molecular flexibility index (Phi) is 3.93. The average Bonchev–Trinajstić information content (AvgIpc) is 2.36. The lowest BCUT2D eigenvalue weighted by atomic mass is 9.99. The van der Waals surface area contributed by atoms with E-state index in [-0.39, 0.29) is 5.78 Å². The lowest BCUT2D eigenvalue weighted by Crippen LogP contribution is -2.02. The molecule has 0 saturated heterocycles. The van der Waals surface area contributed by atoms with E-state index in [1.807, 2.05) is 44.2 Å². The lowest BCUT2D eigenvalue weighted by Gasteiger charge is -2.04. The fourth-order valence-electron chi connectivity index (χ4n) is 2.18. The number of hydrogen-bond acceptors (Lipinski definition) is 1. The first-order chi connectivity index (χ1) is 8.65. The summed E-state index contributed by atoms with van der Waals surface area (Å²) in [6.07, 6.45) is 1.39. The van der Waals surface area contributed by atoms with Gasteiger partial charge in [0.2, 0.25) is 0 Å². The van der Waals surface area contributed by atoms with Crippen molar-refractivity contribution in [2.24, 2.45) is 0 Å². The van der Waals surface area contributed by atoms with Gasteiger partial charge >= 0.3 is 0 Å². The zero-order valence-electron chi connectivity index (χ0n) is 10.9. The maximum atomic E-state index is 12.1. The topological polar surface area (TPSA) is 17.1 Å². The molecule has 18 heavy (non-hydrogen) atoms. The van der Waals surface area contributed by atoms with Crippen molar-refractivity contribution in [3.63, 3.8) is 0 Å². The van der Waals surface area contributed by atoms with E-state index in [1.165, 1.54) is 5.56 Å². The van der Waals surface area contributed by atoms with Crippen LogP contribution in [-0.4, -0.2) is 5.78 Å². The van der Waals surface area contributed by atoms with Gasteiger partial charge < -0.3 is 0 Å². The number of benzene rings is 2. The molecule has 0 radical (unpaired) electrons. The first kappa shape index (κ1) is 12.6. The highest BCUT2D eigenvalue weighted by molar-refractivity contribution is 5.96. The van der Waals surface area contributed by atoms with Crippen LogP contribution in [0.5, 0.6) is 0 Å². The molecule has 0 saturated carbocycles. The molecule has 0 aliphatic carbocycles. The van der Waals surface area contributed by atoms with Crippen LogP contribution in [0.4, 0.5) is 0 Å². The summed E-state index contributed by atoms with van der Waals surface area (Å²) >= 11 is 0. The Bertz CT molecular complexity index is 521. The van der Waals surface area contributed by atoms with Crippen molar-refractivity contribution >= 4 is 5.78 Å². The largest absolute Gasteiger partial charge is 0.294 e. The van der Waals surface area contributed by atoms with Crippen LogP contribution in [0, 0.1) is 13.8 Å². The molecule has 0 fully saturated rings. The van der Waals surface area contributed by atoms with Crippen LogP contribution in [0.15, 0.2) is 48.5 Å². The van der Waals surface area contributed by atoms with E-state index in [0.717, 1.165) is 23.1 Å². The Labute approximate surface area is 108 Å². The SMILES string of the molecule is Cc1cc(C)cc(C(=O)CCc2ccccc2)c1. The summed E-state index contributed by atoms with van der Waals surface area (Å²) < 4.78 is 0. The highest BCUT2D eigenvalue weighted by atomic mass is 16.1. The minimum absolute atomic E-state index is 0.227. The van der Waals surface area contributed by atoms with E-state index in [9.17, 15) is 4.79 Å². The molecule has 0 heterocycles. The predicted octanol–water partition coefficient (Wildman–Crippen LogP) is 4.12. The molecule has 0 aliphatic heterocycles. The van der Waals surface area contributed by atoms with Crippen LogP contribution in [0.3, 0.4) is 0 Å². The average molecular weight is 238 g/mol. The first-order valence-corrected chi connectivity index (χ1v) is 6.30. The van der Waals surface area contributed by atoms with Gasteiger partial charge in [-0.1, -0.05) is 47.5 Å². The van der Waals surface area contributed by atoms with Crippen molar-refractivity contribution in [3.8, 4) is 0 Å². The summed E-state index contributed by atoms with van der Waals surface area (Å²) in [5.41, 5.74) is 4.36. The van der Waals surface area contributed by atoms with E-state index in [1.54, 1.807) is 0 Å². The molecule has 2 rings (SSSR count). The highest BCUT2D eigenvalue weighted by Crippen LogP contribution is 2.12. The second-order valence-electron chi connectivity index (χ2n) is 4.79. The summed E-state index contributed by atoms with van der Waals surface area (Å²) in [5, 5.41) is 0. The molecule has 2 aromatic carbocycles. The monoisotopic (exact) mass is 238 g/mol. The Hall–Kier alpha value is -1.89. The third-order valence-electron chi connectivity index (χ3n) is 3.03. The van der Waals surface area contributed by atoms with Gasteiger partial charge in [-0.05, 0) is 38.0 Å². The van der Waals surface area contributed by atoms with E-state index in [2.05, 4.69) is 18.2 Å². The number of Topliss-reactive ketones (excluding diaryl/α,β-unsaturated/α-hetero) is 1. The zero-order chi connectivity index (χ0) is 13.0. The van der Waals surface area contributed by atoms with Gasteiger partial charge in [-0.25, -0.2) is 0 Å². The smallest absolute Gasteiger partial charge is 0.163 e. The maximum absolute atomic E-state index is 12.1. The van der Waals surface area contributed by atoms with Crippen molar-refractivity contribution in [3.05, 3.63) is 70.8 Å². The van der Waals surface area contributed by atoms with Crippen LogP contribution in [0.1, 0.15) is 33.5 Å². The number of carbonyl (C=O) groups is 1. The lowest BCUT2D eigenvalue weighted by molar-refractivity contribution is 0.0982. The van der Waals surface area contributed by atoms with E-state index >= 15 is 0 Å². The van der Waals surface area contributed by atoms with E-state index in [4.69, 9.17) is 0 Å². The molecular weight excluding hydrogens is 220 g/mol. The minimum Gasteiger partial charge on any atom is -0.294 e. The van der Waals surface area contributed by atoms with Crippen molar-refractivity contribution in [1.82, 2.24) is 0 Å². The van der Waals surface area contributed by atoms with Gasteiger partial charge in [-0.15, -0.1) is 0 Å². The van der Waals surface area contributed by atoms with Crippen LogP contribution in [0.25, 0.3) is 0 Å². The second-order valence-corrected chi connectivity index (χ2v) is 4.79. The summed E-state index contributed by atoms with van der Waals surface area (Å²) in [5.74, 6) is 0.227. The molecule has 2 aromatic rings. The molecule has 0 atom stereocenters. The first-order valence-electron chi connectivity index (χ1n) is 6.30. The number of carbonyl (C=O) groups excluding carboxylic acids is 1. The summed E-state index contributed by atoms with van der Waals surface area (Å²) in [4.78, 5) is 12.1. The van der Waals surface area contributed by atoms with Crippen molar-refractivity contribution < 1.29 is 4.79 Å². The van der Waals surface area contributed by atoms with Crippen molar-refractivity contribution in [1.29, 1.82) is 0 Å². The number of ketones is 1. The Morgan fingerprint density at radius 1 is 0.944 bits per heavy atom. The molecule has 92 valence electrons. The van der Waals surface area contributed by atoms with Crippen LogP contribution in [0.2, 0.25) is 0 Å². The Morgan fingerprint density at radius 3 is 2.17 bits per heavy atom. The summed E-state index contributed by atoms with van der Waals surface area (Å²) in [6, 6.07) is 16.2. The Balaban J connectivity index is 2.04. The fourth-order valence-corrected chi connectivity index (χ4v) is 2.18. The van der Waals surface area contributed by atoms with Gasteiger partial charge in [-0.3, -0.25) is 4.79 Å². The van der Waals surface area contributed by atoms with Gasteiger partial charge in [0.05, 0.1) is 0 Å². The highest BCUT2D eigenvalue weighted by Gasteiger charge is 2.07. The zero-order valence-corrected chi connectivity index (χ0v) is 10.9. The van der Waals surface area contributed by atoms with Crippen LogP contribution in [-0.2, 0) is 6.42 Å². The number of hydrogen-bond donors (Lipinski definition) is 0. The van der Waals surface area contributed by atoms with Crippen LogP contribution < -0.4 is 0 Å². The molecule has 0 unspecified atom stereocenters. The Morgan fingerprint density at radius 2 is 1.56 bits per heavy atom. The third-order valence-corrected chi connectivity index (χ3v) is 3.03. The maximum Gasteiger partial charge on any atom is 0.163 e. The standard InChI is InChI=1S/C17H18O/c1-13-10-14(2)12-16(11-13)17(18)9-8-15-6-4-3-5-7-15/h3-7,10-12H,8-9H2,1-2H3. The quantitative estimate of drug-likeness (QED) is 0.732. The molecule has 0 amide bonds. The van der Waals surface area contributed by atoms with Gasteiger partial charge in [0.1, 0.15) is 0 Å². The molecule has 0 aliphatic rings. The normalized spacial score (nSPS) is 10.3. The molecular formula is C17H18O. The van der Waals surface area contributed by atoms with E-state index < -0.39 is 0 Å². The van der Waals surface area contributed by atoms with Gasteiger partial charge in [0.15, 0.2) is 5.78 Å². The molecule has 1 nitrogen and oxygen atoms in total. The van der Waals surface area contributed by atoms with Gasteiger partial charge in [0, 0.05) is 12.0 Å². The van der Waals surface area contributed by atoms with E-state index in [0.29, 0.717) is 6.42 Å². The summed E-state index contributed by atoms with van der Waals surface area (Å²) in [6.45, 7) is 4.06. The number of aryl methyl sites for hydroxylation is 3.